The topological polar surface area (TPSA) is 16.1 Å². The quantitative estimate of drug-likeness (QED) is 0.731. The Bertz CT molecular complexity index is 386. The molecule has 2 rings (SSSR count). The van der Waals surface area contributed by atoms with Gasteiger partial charge >= 0.3 is 0 Å². The Morgan fingerprint density at radius 2 is 2.00 bits per heavy atom. The van der Waals surface area contributed by atoms with Crippen molar-refractivity contribution in [1.82, 2.24) is 4.98 Å². The minimum atomic E-state index is -2.49. The lowest BCUT2D eigenvalue weighted by molar-refractivity contribution is -0.0221. The highest BCUT2D eigenvalue weighted by atomic mass is 127. The number of hydrogen-bond acceptors (Lipinski definition) is 2. The SMILES string of the molecule is Cc1c(I)ccnc1N1CCC(F)(F)CC1. The molecular weight excluding hydrogens is 325 g/mol. The maximum Gasteiger partial charge on any atom is 0.251 e. The van der Waals surface area contributed by atoms with Gasteiger partial charge in [-0.15, -0.1) is 0 Å². The molecule has 0 saturated carbocycles. The molecule has 0 bridgehead atoms. The van der Waals surface area contributed by atoms with Gasteiger partial charge in [0.1, 0.15) is 5.82 Å². The van der Waals surface area contributed by atoms with Crippen molar-refractivity contribution in [3.63, 3.8) is 0 Å². The van der Waals surface area contributed by atoms with Crippen molar-refractivity contribution in [3.05, 3.63) is 21.4 Å². The van der Waals surface area contributed by atoms with E-state index in [0.717, 1.165) is 15.0 Å². The summed E-state index contributed by atoms with van der Waals surface area (Å²) >= 11 is 2.24. The van der Waals surface area contributed by atoms with Gasteiger partial charge in [-0.05, 0) is 35.6 Å². The van der Waals surface area contributed by atoms with Crippen LogP contribution in [-0.2, 0) is 0 Å². The van der Waals surface area contributed by atoms with Gasteiger partial charge < -0.3 is 4.90 Å². The summed E-state index contributed by atoms with van der Waals surface area (Å²) in [5, 5.41) is 0. The average Bonchev–Trinajstić information content (AvgIpc) is 2.23. The number of hydrogen-bond donors (Lipinski definition) is 0. The number of aromatic nitrogens is 1. The molecule has 88 valence electrons. The normalized spacial score (nSPS) is 19.9. The molecule has 1 aromatic heterocycles. The van der Waals surface area contributed by atoms with E-state index in [-0.39, 0.29) is 12.8 Å². The van der Waals surface area contributed by atoms with E-state index >= 15 is 0 Å². The molecule has 0 unspecified atom stereocenters. The highest BCUT2D eigenvalue weighted by molar-refractivity contribution is 14.1. The van der Waals surface area contributed by atoms with E-state index < -0.39 is 5.92 Å². The number of halogens is 3. The zero-order valence-electron chi connectivity index (χ0n) is 9.01. The van der Waals surface area contributed by atoms with Gasteiger partial charge in [0.2, 0.25) is 0 Å². The zero-order chi connectivity index (χ0) is 11.8. The van der Waals surface area contributed by atoms with E-state index in [1.54, 1.807) is 6.20 Å². The van der Waals surface area contributed by atoms with Crippen LogP contribution >= 0.6 is 22.6 Å². The fourth-order valence-electron chi connectivity index (χ4n) is 1.87. The number of nitrogens with zero attached hydrogens (tertiary/aromatic N) is 2. The second-order valence-corrected chi connectivity index (χ2v) is 5.25. The Hall–Kier alpha value is -0.460. The van der Waals surface area contributed by atoms with Crippen LogP contribution in [0.2, 0.25) is 0 Å². The molecule has 1 saturated heterocycles. The number of rotatable bonds is 1. The van der Waals surface area contributed by atoms with Crippen molar-refractivity contribution < 1.29 is 8.78 Å². The third-order valence-electron chi connectivity index (χ3n) is 2.91. The van der Waals surface area contributed by atoms with E-state index in [1.165, 1.54) is 0 Å². The van der Waals surface area contributed by atoms with Crippen LogP contribution in [0.3, 0.4) is 0 Å². The summed E-state index contributed by atoms with van der Waals surface area (Å²) in [7, 11) is 0. The maximum absolute atomic E-state index is 13.0. The molecule has 5 heteroatoms. The largest absolute Gasteiger partial charge is 0.356 e. The molecule has 0 atom stereocenters. The van der Waals surface area contributed by atoms with E-state index in [0.29, 0.717) is 13.1 Å². The van der Waals surface area contributed by atoms with Crippen LogP contribution in [0, 0.1) is 10.5 Å². The lowest BCUT2D eigenvalue weighted by Gasteiger charge is -2.33. The Balaban J connectivity index is 2.17. The van der Waals surface area contributed by atoms with Crippen LogP contribution in [0.4, 0.5) is 14.6 Å². The van der Waals surface area contributed by atoms with Crippen LogP contribution in [0.1, 0.15) is 18.4 Å². The monoisotopic (exact) mass is 338 g/mol. The van der Waals surface area contributed by atoms with E-state index in [4.69, 9.17) is 0 Å². The Morgan fingerprint density at radius 3 is 2.62 bits per heavy atom. The number of pyridine rings is 1. The van der Waals surface area contributed by atoms with Crippen molar-refractivity contribution in [2.45, 2.75) is 25.7 Å². The number of alkyl halides is 2. The first kappa shape index (κ1) is 12.0. The summed E-state index contributed by atoms with van der Waals surface area (Å²) in [5.74, 6) is -1.64. The van der Waals surface area contributed by atoms with Gasteiger partial charge in [0.25, 0.3) is 5.92 Å². The predicted octanol–water partition coefficient (Wildman–Crippen LogP) is 3.23. The Kier molecular flexibility index (Phi) is 3.32. The molecule has 1 fully saturated rings. The van der Waals surface area contributed by atoms with Gasteiger partial charge in [-0.2, -0.15) is 0 Å². The Morgan fingerprint density at radius 1 is 1.38 bits per heavy atom. The standard InChI is InChI=1S/C11H13F2IN2/c1-8-9(14)2-5-15-10(8)16-6-3-11(12,13)4-7-16/h2,5H,3-4,6-7H2,1H3. The van der Waals surface area contributed by atoms with Gasteiger partial charge in [-0.1, -0.05) is 0 Å². The van der Waals surface area contributed by atoms with E-state index in [2.05, 4.69) is 27.6 Å². The van der Waals surface area contributed by atoms with Crippen LogP contribution in [0.15, 0.2) is 12.3 Å². The first-order chi connectivity index (χ1) is 7.49. The van der Waals surface area contributed by atoms with Crippen LogP contribution < -0.4 is 4.90 Å². The summed E-state index contributed by atoms with van der Waals surface area (Å²) in [4.78, 5) is 6.24. The van der Waals surface area contributed by atoms with Crippen molar-refractivity contribution in [3.8, 4) is 0 Å². The van der Waals surface area contributed by atoms with Gasteiger partial charge in [0, 0.05) is 41.3 Å². The highest BCUT2D eigenvalue weighted by Gasteiger charge is 2.34. The molecule has 2 heterocycles. The zero-order valence-corrected chi connectivity index (χ0v) is 11.2. The summed E-state index contributed by atoms with van der Waals surface area (Å²) in [6.07, 6.45) is 1.59. The lowest BCUT2D eigenvalue weighted by Crippen LogP contribution is -2.40. The smallest absolute Gasteiger partial charge is 0.251 e. The van der Waals surface area contributed by atoms with E-state index in [9.17, 15) is 8.78 Å². The molecule has 0 radical (unpaired) electrons. The fraction of sp³-hybridized carbons (Fsp3) is 0.545. The second kappa shape index (κ2) is 4.43. The minimum absolute atomic E-state index is 0.0698. The van der Waals surface area contributed by atoms with Crippen LogP contribution in [0.25, 0.3) is 0 Å². The first-order valence-electron chi connectivity index (χ1n) is 5.23. The van der Waals surface area contributed by atoms with Gasteiger partial charge in [0.05, 0.1) is 0 Å². The molecule has 1 aliphatic heterocycles. The molecule has 1 aliphatic rings. The van der Waals surface area contributed by atoms with Gasteiger partial charge in [0.15, 0.2) is 0 Å². The Labute approximate surface area is 107 Å². The highest BCUT2D eigenvalue weighted by Crippen LogP contribution is 2.31. The van der Waals surface area contributed by atoms with Crippen LogP contribution in [-0.4, -0.2) is 24.0 Å². The molecule has 1 aromatic rings. The maximum atomic E-state index is 13.0. The molecule has 16 heavy (non-hydrogen) atoms. The van der Waals surface area contributed by atoms with Crippen molar-refractivity contribution in [2.75, 3.05) is 18.0 Å². The van der Waals surface area contributed by atoms with Crippen molar-refractivity contribution >= 4 is 28.4 Å². The first-order valence-corrected chi connectivity index (χ1v) is 6.31. The van der Waals surface area contributed by atoms with Crippen molar-refractivity contribution in [2.24, 2.45) is 0 Å². The lowest BCUT2D eigenvalue weighted by atomic mass is 10.1. The third kappa shape index (κ3) is 2.44. The molecule has 0 aliphatic carbocycles. The third-order valence-corrected chi connectivity index (χ3v) is 4.07. The summed E-state index contributed by atoms with van der Waals surface area (Å²) < 4.78 is 27.2. The van der Waals surface area contributed by atoms with Crippen molar-refractivity contribution in [1.29, 1.82) is 0 Å². The van der Waals surface area contributed by atoms with Gasteiger partial charge in [-0.3, -0.25) is 0 Å². The fourth-order valence-corrected chi connectivity index (χ4v) is 2.27. The molecular formula is C11H13F2IN2. The van der Waals surface area contributed by atoms with Gasteiger partial charge in [-0.25, -0.2) is 13.8 Å². The summed E-state index contributed by atoms with van der Waals surface area (Å²) in [6.45, 7) is 2.76. The summed E-state index contributed by atoms with van der Waals surface area (Å²) in [5.41, 5.74) is 1.08. The number of piperidine rings is 1. The van der Waals surface area contributed by atoms with Crippen LogP contribution in [0.5, 0.6) is 0 Å². The van der Waals surface area contributed by atoms with E-state index in [1.807, 2.05) is 17.9 Å². The molecule has 0 aromatic carbocycles. The predicted molar refractivity (Wildman–Crippen MR) is 68.1 cm³/mol. The molecule has 0 amide bonds. The molecule has 2 nitrogen and oxygen atoms in total. The molecule has 0 spiro atoms. The second-order valence-electron chi connectivity index (χ2n) is 4.08. The summed E-state index contributed by atoms with van der Waals surface area (Å²) in [6, 6.07) is 1.93. The number of anilines is 1. The minimum Gasteiger partial charge on any atom is -0.356 e. The molecule has 0 N–H and O–H groups in total. The average molecular weight is 338 g/mol.